The number of aryl methyl sites for hydroxylation is 1. The first-order valence-electron chi connectivity index (χ1n) is 12.2. The van der Waals surface area contributed by atoms with Gasteiger partial charge in [-0.2, -0.15) is 4.31 Å². The number of rotatable bonds is 8. The number of amides is 2. The third-order valence-corrected chi connectivity index (χ3v) is 8.25. The summed E-state index contributed by atoms with van der Waals surface area (Å²) in [5, 5.41) is 5.55. The van der Waals surface area contributed by atoms with E-state index in [0.29, 0.717) is 30.0 Å². The standard InChI is InChI=1S/C28H31N3O5S/c1-20-8-14-26(15-9-20)37(34,35)31-18-16-22(17-19-31)28(33)29-21(2)27(32)30-23-10-12-25(13-11-23)36-24-6-4-3-5-7-24/h3-15,21-22H,16-19H2,1-2H3,(H,29,33)(H,30,32). The van der Waals surface area contributed by atoms with E-state index in [1.807, 2.05) is 37.3 Å². The molecule has 37 heavy (non-hydrogen) atoms. The predicted octanol–water partition coefficient (Wildman–Crippen LogP) is 4.33. The van der Waals surface area contributed by atoms with Crippen LogP contribution in [-0.2, 0) is 19.6 Å². The Balaban J connectivity index is 1.25. The zero-order valence-electron chi connectivity index (χ0n) is 20.9. The molecule has 1 fully saturated rings. The molecular formula is C28H31N3O5S. The number of nitrogens with zero attached hydrogens (tertiary/aromatic N) is 1. The Hall–Kier alpha value is -3.69. The average molecular weight is 522 g/mol. The number of hydrogen-bond acceptors (Lipinski definition) is 5. The van der Waals surface area contributed by atoms with Crippen LogP contribution in [0.15, 0.2) is 83.8 Å². The van der Waals surface area contributed by atoms with Crippen molar-refractivity contribution in [2.24, 2.45) is 5.92 Å². The van der Waals surface area contributed by atoms with Crippen molar-refractivity contribution in [3.8, 4) is 11.5 Å². The summed E-state index contributed by atoms with van der Waals surface area (Å²) >= 11 is 0. The zero-order valence-corrected chi connectivity index (χ0v) is 21.7. The lowest BCUT2D eigenvalue weighted by Crippen LogP contribution is -2.47. The quantitative estimate of drug-likeness (QED) is 0.459. The van der Waals surface area contributed by atoms with Gasteiger partial charge in [0.15, 0.2) is 0 Å². The van der Waals surface area contributed by atoms with Gasteiger partial charge in [0.2, 0.25) is 21.8 Å². The molecule has 1 aliphatic rings. The Kier molecular flexibility index (Phi) is 8.25. The number of nitrogens with one attached hydrogen (secondary N) is 2. The van der Waals surface area contributed by atoms with Crippen molar-refractivity contribution in [2.45, 2.75) is 37.6 Å². The minimum atomic E-state index is -3.59. The molecule has 1 saturated heterocycles. The van der Waals surface area contributed by atoms with Crippen molar-refractivity contribution in [1.82, 2.24) is 9.62 Å². The van der Waals surface area contributed by atoms with Crippen LogP contribution in [0.3, 0.4) is 0 Å². The second kappa shape index (κ2) is 11.6. The molecule has 9 heteroatoms. The summed E-state index contributed by atoms with van der Waals surface area (Å²) in [5.41, 5.74) is 1.57. The van der Waals surface area contributed by atoms with Crippen molar-refractivity contribution in [3.63, 3.8) is 0 Å². The largest absolute Gasteiger partial charge is 0.457 e. The predicted molar refractivity (Wildman–Crippen MR) is 142 cm³/mol. The van der Waals surface area contributed by atoms with Crippen molar-refractivity contribution >= 4 is 27.5 Å². The van der Waals surface area contributed by atoms with Crippen molar-refractivity contribution < 1.29 is 22.7 Å². The molecule has 2 amide bonds. The Labute approximate surface area is 217 Å². The van der Waals surface area contributed by atoms with Gasteiger partial charge >= 0.3 is 0 Å². The first kappa shape index (κ1) is 26.4. The van der Waals surface area contributed by atoms with Crippen molar-refractivity contribution in [1.29, 1.82) is 0 Å². The molecule has 0 spiro atoms. The monoisotopic (exact) mass is 521 g/mol. The van der Waals surface area contributed by atoms with Gasteiger partial charge in [-0.3, -0.25) is 9.59 Å². The molecule has 1 aliphatic heterocycles. The number of sulfonamides is 1. The number of carbonyl (C=O) groups is 2. The van der Waals surface area contributed by atoms with Gasteiger partial charge in [0, 0.05) is 24.7 Å². The number of anilines is 1. The third kappa shape index (κ3) is 6.75. The van der Waals surface area contributed by atoms with Gasteiger partial charge in [0.25, 0.3) is 0 Å². The van der Waals surface area contributed by atoms with E-state index in [9.17, 15) is 18.0 Å². The van der Waals surface area contributed by atoms with E-state index in [1.54, 1.807) is 55.5 Å². The van der Waals surface area contributed by atoms with Crippen LogP contribution in [0.25, 0.3) is 0 Å². The summed E-state index contributed by atoms with van der Waals surface area (Å²) in [6, 6.07) is 22.4. The van der Waals surface area contributed by atoms with Gasteiger partial charge in [0.05, 0.1) is 4.90 Å². The first-order valence-corrected chi connectivity index (χ1v) is 13.7. The Morgan fingerprint density at radius 3 is 2.11 bits per heavy atom. The van der Waals surface area contributed by atoms with Crippen LogP contribution in [-0.4, -0.2) is 43.7 Å². The van der Waals surface area contributed by atoms with Crippen LogP contribution < -0.4 is 15.4 Å². The maximum absolute atomic E-state index is 12.9. The highest BCUT2D eigenvalue weighted by molar-refractivity contribution is 7.89. The topological polar surface area (TPSA) is 105 Å². The summed E-state index contributed by atoms with van der Waals surface area (Å²) in [7, 11) is -3.59. The Bertz CT molecular complexity index is 1320. The lowest BCUT2D eigenvalue weighted by atomic mass is 9.97. The molecule has 0 aromatic heterocycles. The van der Waals surface area contributed by atoms with Gasteiger partial charge in [0.1, 0.15) is 17.5 Å². The molecule has 194 valence electrons. The highest BCUT2D eigenvalue weighted by atomic mass is 32.2. The molecule has 2 N–H and O–H groups in total. The molecule has 1 heterocycles. The van der Waals surface area contributed by atoms with E-state index >= 15 is 0 Å². The number of ether oxygens (including phenoxy) is 1. The van der Waals surface area contributed by atoms with Crippen LogP contribution >= 0.6 is 0 Å². The number of hydrogen-bond donors (Lipinski definition) is 2. The van der Waals surface area contributed by atoms with E-state index in [1.165, 1.54) is 4.31 Å². The summed E-state index contributed by atoms with van der Waals surface area (Å²) in [4.78, 5) is 25.7. The van der Waals surface area contributed by atoms with Crippen LogP contribution in [0, 0.1) is 12.8 Å². The molecule has 3 aromatic carbocycles. The zero-order chi connectivity index (χ0) is 26.4. The fourth-order valence-corrected chi connectivity index (χ4v) is 5.57. The van der Waals surface area contributed by atoms with Crippen molar-refractivity contribution in [3.05, 3.63) is 84.4 Å². The highest BCUT2D eigenvalue weighted by Crippen LogP contribution is 2.25. The molecule has 1 unspecified atom stereocenters. The molecule has 8 nitrogen and oxygen atoms in total. The molecule has 0 saturated carbocycles. The number of para-hydroxylation sites is 1. The highest BCUT2D eigenvalue weighted by Gasteiger charge is 2.32. The lowest BCUT2D eigenvalue weighted by molar-refractivity contribution is -0.129. The fraction of sp³-hybridized carbons (Fsp3) is 0.286. The van der Waals surface area contributed by atoms with Gasteiger partial charge < -0.3 is 15.4 Å². The van der Waals surface area contributed by atoms with E-state index in [0.717, 1.165) is 5.56 Å². The number of piperidine rings is 1. The minimum Gasteiger partial charge on any atom is -0.457 e. The summed E-state index contributed by atoms with van der Waals surface area (Å²) in [6.45, 7) is 4.04. The van der Waals surface area contributed by atoms with Crippen LogP contribution in [0.4, 0.5) is 5.69 Å². The first-order chi connectivity index (χ1) is 17.7. The van der Waals surface area contributed by atoms with Gasteiger partial charge in [-0.25, -0.2) is 8.42 Å². The van der Waals surface area contributed by atoms with E-state index in [4.69, 9.17) is 4.74 Å². The van der Waals surface area contributed by atoms with Gasteiger partial charge in [-0.05, 0) is 75.2 Å². The maximum Gasteiger partial charge on any atom is 0.246 e. The van der Waals surface area contributed by atoms with Crippen LogP contribution in [0.2, 0.25) is 0 Å². The molecular weight excluding hydrogens is 490 g/mol. The van der Waals surface area contributed by atoms with Crippen LogP contribution in [0.1, 0.15) is 25.3 Å². The van der Waals surface area contributed by atoms with E-state index < -0.39 is 16.1 Å². The average Bonchev–Trinajstić information content (AvgIpc) is 2.90. The van der Waals surface area contributed by atoms with E-state index in [2.05, 4.69) is 10.6 Å². The number of carbonyl (C=O) groups excluding carboxylic acids is 2. The summed E-state index contributed by atoms with van der Waals surface area (Å²) in [5.74, 6) is 0.413. The summed E-state index contributed by atoms with van der Waals surface area (Å²) < 4.78 is 33.0. The Morgan fingerprint density at radius 2 is 1.49 bits per heavy atom. The Morgan fingerprint density at radius 1 is 0.892 bits per heavy atom. The van der Waals surface area contributed by atoms with Crippen molar-refractivity contribution in [2.75, 3.05) is 18.4 Å². The molecule has 0 bridgehead atoms. The van der Waals surface area contributed by atoms with Gasteiger partial charge in [-0.1, -0.05) is 35.9 Å². The molecule has 4 rings (SSSR count). The molecule has 0 radical (unpaired) electrons. The van der Waals surface area contributed by atoms with E-state index in [-0.39, 0.29) is 35.7 Å². The third-order valence-electron chi connectivity index (χ3n) is 6.34. The second-order valence-corrected chi connectivity index (χ2v) is 11.1. The normalized spacial score (nSPS) is 15.5. The maximum atomic E-state index is 12.9. The smallest absolute Gasteiger partial charge is 0.246 e. The number of benzene rings is 3. The SMILES string of the molecule is Cc1ccc(S(=O)(=O)N2CCC(C(=O)NC(C)C(=O)Nc3ccc(Oc4ccccc4)cc3)CC2)cc1. The second-order valence-electron chi connectivity index (χ2n) is 9.15. The summed E-state index contributed by atoms with van der Waals surface area (Å²) in [6.07, 6.45) is 0.794. The fourth-order valence-electron chi connectivity index (χ4n) is 4.10. The molecule has 3 aromatic rings. The lowest BCUT2D eigenvalue weighted by Gasteiger charge is -2.31. The minimum absolute atomic E-state index is 0.248. The van der Waals surface area contributed by atoms with Crippen LogP contribution in [0.5, 0.6) is 11.5 Å². The van der Waals surface area contributed by atoms with Gasteiger partial charge in [-0.15, -0.1) is 0 Å². The molecule has 1 atom stereocenters. The molecule has 0 aliphatic carbocycles.